The van der Waals surface area contributed by atoms with Crippen LogP contribution in [0.1, 0.15) is 0 Å². The third-order valence-corrected chi connectivity index (χ3v) is 0.963. The molecule has 0 radical (unpaired) electrons. The van der Waals surface area contributed by atoms with Gasteiger partial charge >= 0.3 is 6.09 Å². The second-order valence-electron chi connectivity index (χ2n) is 1.85. The number of carbonyl (C=O) groups excluding carboxylic acids is 1. The van der Waals surface area contributed by atoms with Crippen molar-refractivity contribution in [3.05, 3.63) is 12.4 Å². The molecule has 0 aliphatic rings. The van der Waals surface area contributed by atoms with E-state index in [-0.39, 0.29) is 6.61 Å². The highest BCUT2D eigenvalue weighted by molar-refractivity contribution is 5.68. The molecule has 0 rings (SSSR count). The molecular weight excluding hydrogens is 156 g/mol. The van der Waals surface area contributed by atoms with Crippen molar-refractivity contribution in [1.82, 2.24) is 4.90 Å². The van der Waals surface area contributed by atoms with Gasteiger partial charge in [-0.2, -0.15) is 0 Å². The third kappa shape index (κ3) is 4.12. The molecule has 0 saturated heterocycles. The lowest BCUT2D eigenvalue weighted by atomic mass is 10.7. The fourth-order valence-electron chi connectivity index (χ4n) is 0.413. The Kier molecular flexibility index (Phi) is 5.11. The standard InChI is InChI=1S/C8H10N2O2/c1-4-7-12-8(11)10(3)6-5-9-2/h1,5-6H,2,7H2,3H3/b6-5-. The maximum atomic E-state index is 10.9. The highest BCUT2D eigenvalue weighted by atomic mass is 16.5. The fourth-order valence-corrected chi connectivity index (χ4v) is 0.413. The number of terminal acetylenes is 1. The van der Waals surface area contributed by atoms with Crippen LogP contribution in [0, 0.1) is 12.3 Å². The summed E-state index contributed by atoms with van der Waals surface area (Å²) < 4.78 is 4.59. The van der Waals surface area contributed by atoms with Crippen molar-refractivity contribution in [1.29, 1.82) is 0 Å². The van der Waals surface area contributed by atoms with Gasteiger partial charge in [-0.1, -0.05) is 5.92 Å². The van der Waals surface area contributed by atoms with E-state index in [0.29, 0.717) is 0 Å². The van der Waals surface area contributed by atoms with Gasteiger partial charge in [-0.15, -0.1) is 6.42 Å². The van der Waals surface area contributed by atoms with Gasteiger partial charge < -0.3 is 4.74 Å². The third-order valence-electron chi connectivity index (χ3n) is 0.963. The van der Waals surface area contributed by atoms with Gasteiger partial charge in [-0.3, -0.25) is 9.89 Å². The van der Waals surface area contributed by atoms with Crippen molar-refractivity contribution in [2.75, 3.05) is 13.7 Å². The van der Waals surface area contributed by atoms with Crippen molar-refractivity contribution in [2.24, 2.45) is 4.99 Å². The van der Waals surface area contributed by atoms with Gasteiger partial charge in [-0.25, -0.2) is 4.79 Å². The summed E-state index contributed by atoms with van der Waals surface area (Å²) in [5.41, 5.74) is 0. The molecule has 1 amide bonds. The zero-order valence-corrected chi connectivity index (χ0v) is 6.86. The van der Waals surface area contributed by atoms with Crippen LogP contribution in [0.4, 0.5) is 4.79 Å². The molecular formula is C8H10N2O2. The largest absolute Gasteiger partial charge is 0.436 e. The quantitative estimate of drug-likeness (QED) is 0.461. The van der Waals surface area contributed by atoms with E-state index in [1.807, 2.05) is 0 Å². The Morgan fingerprint density at radius 3 is 3.08 bits per heavy atom. The Morgan fingerprint density at radius 1 is 1.92 bits per heavy atom. The number of hydrogen-bond donors (Lipinski definition) is 0. The van der Waals surface area contributed by atoms with E-state index in [1.54, 1.807) is 0 Å². The first kappa shape index (κ1) is 10.2. The van der Waals surface area contributed by atoms with E-state index in [4.69, 9.17) is 6.42 Å². The number of amides is 1. The number of nitrogens with zero attached hydrogens (tertiary/aromatic N) is 2. The molecule has 0 heterocycles. The first-order valence-corrected chi connectivity index (χ1v) is 3.18. The number of ether oxygens (including phenoxy) is 1. The second kappa shape index (κ2) is 5.98. The molecule has 0 spiro atoms. The summed E-state index contributed by atoms with van der Waals surface area (Å²) >= 11 is 0. The molecule has 0 atom stereocenters. The SMILES string of the molecule is C#CCOC(=O)N(C)/C=C\N=C. The molecule has 0 N–H and O–H groups in total. The maximum absolute atomic E-state index is 10.9. The van der Waals surface area contributed by atoms with E-state index < -0.39 is 6.09 Å². The van der Waals surface area contributed by atoms with Gasteiger partial charge in [0.15, 0.2) is 6.61 Å². The lowest BCUT2D eigenvalue weighted by molar-refractivity contribution is 0.136. The Labute approximate surface area is 71.5 Å². The summed E-state index contributed by atoms with van der Waals surface area (Å²) in [6, 6.07) is 0. The first-order valence-electron chi connectivity index (χ1n) is 3.18. The second-order valence-corrected chi connectivity index (χ2v) is 1.85. The van der Waals surface area contributed by atoms with E-state index in [1.165, 1.54) is 24.3 Å². The normalized spacial score (nSPS) is 9.00. The summed E-state index contributed by atoms with van der Waals surface area (Å²) in [7, 11) is 1.53. The average molecular weight is 166 g/mol. The van der Waals surface area contributed by atoms with Crippen molar-refractivity contribution < 1.29 is 9.53 Å². The zero-order chi connectivity index (χ0) is 9.40. The predicted molar refractivity (Wildman–Crippen MR) is 46.6 cm³/mol. The van der Waals surface area contributed by atoms with Crippen LogP contribution in [0.25, 0.3) is 0 Å². The molecule has 0 aromatic carbocycles. The minimum absolute atomic E-state index is 0.0292. The van der Waals surface area contributed by atoms with Crippen LogP contribution in [0.3, 0.4) is 0 Å². The van der Waals surface area contributed by atoms with Gasteiger partial charge in [0.25, 0.3) is 0 Å². The maximum Gasteiger partial charge on any atom is 0.414 e. The van der Waals surface area contributed by atoms with E-state index in [9.17, 15) is 4.79 Å². The molecule has 0 aromatic heterocycles. The molecule has 0 aliphatic carbocycles. The van der Waals surface area contributed by atoms with E-state index in [2.05, 4.69) is 22.4 Å². The number of hydrogen-bond acceptors (Lipinski definition) is 3. The number of rotatable bonds is 3. The van der Waals surface area contributed by atoms with Gasteiger partial charge in [-0.05, 0) is 6.72 Å². The fraction of sp³-hybridized carbons (Fsp3) is 0.250. The van der Waals surface area contributed by atoms with Gasteiger partial charge in [0, 0.05) is 19.4 Å². The smallest absolute Gasteiger partial charge is 0.414 e. The van der Waals surface area contributed by atoms with Crippen LogP contribution in [0.5, 0.6) is 0 Å². The number of aliphatic imine (C=N–C) groups is 1. The van der Waals surface area contributed by atoms with E-state index >= 15 is 0 Å². The van der Waals surface area contributed by atoms with Crippen molar-refractivity contribution >= 4 is 12.8 Å². The molecule has 0 aromatic rings. The van der Waals surface area contributed by atoms with Crippen molar-refractivity contribution in [3.8, 4) is 12.3 Å². The molecule has 0 fully saturated rings. The Hall–Kier alpha value is -1.76. The summed E-state index contributed by atoms with van der Waals surface area (Å²) in [4.78, 5) is 15.5. The highest BCUT2D eigenvalue weighted by Gasteiger charge is 2.04. The zero-order valence-electron chi connectivity index (χ0n) is 6.86. The predicted octanol–water partition coefficient (Wildman–Crippen LogP) is 0.860. The monoisotopic (exact) mass is 166 g/mol. The molecule has 0 aliphatic heterocycles. The molecule has 64 valence electrons. The van der Waals surface area contributed by atoms with Gasteiger partial charge in [0.05, 0.1) is 0 Å². The lowest BCUT2D eigenvalue weighted by Crippen LogP contribution is -2.21. The Morgan fingerprint density at radius 2 is 2.58 bits per heavy atom. The Balaban J connectivity index is 3.85. The molecule has 4 heteroatoms. The molecule has 4 nitrogen and oxygen atoms in total. The number of carbonyl (C=O) groups is 1. The topological polar surface area (TPSA) is 41.9 Å². The van der Waals surface area contributed by atoms with Gasteiger partial charge in [0.1, 0.15) is 0 Å². The van der Waals surface area contributed by atoms with Crippen LogP contribution in [0.15, 0.2) is 17.4 Å². The lowest BCUT2D eigenvalue weighted by Gasteiger charge is -2.09. The van der Waals surface area contributed by atoms with Crippen LogP contribution in [0.2, 0.25) is 0 Å². The minimum atomic E-state index is -0.521. The highest BCUT2D eigenvalue weighted by Crippen LogP contribution is 1.90. The van der Waals surface area contributed by atoms with Gasteiger partial charge in [0.2, 0.25) is 0 Å². The van der Waals surface area contributed by atoms with Crippen LogP contribution >= 0.6 is 0 Å². The molecule has 0 unspecified atom stereocenters. The van der Waals surface area contributed by atoms with Crippen molar-refractivity contribution in [3.63, 3.8) is 0 Å². The van der Waals surface area contributed by atoms with Crippen molar-refractivity contribution in [2.45, 2.75) is 0 Å². The molecule has 0 saturated carbocycles. The first-order chi connectivity index (χ1) is 5.72. The Bertz CT molecular complexity index is 228. The average Bonchev–Trinajstić information content (AvgIpc) is 2.10. The summed E-state index contributed by atoms with van der Waals surface area (Å²) in [6.07, 6.45) is 7.16. The minimum Gasteiger partial charge on any atom is -0.436 e. The molecule has 0 bridgehead atoms. The van der Waals surface area contributed by atoms with Crippen LogP contribution in [-0.4, -0.2) is 31.4 Å². The summed E-state index contributed by atoms with van der Waals surface area (Å²) in [6.45, 7) is 3.18. The summed E-state index contributed by atoms with van der Waals surface area (Å²) in [5.74, 6) is 2.18. The van der Waals surface area contributed by atoms with Crippen LogP contribution in [-0.2, 0) is 4.74 Å². The summed E-state index contributed by atoms with van der Waals surface area (Å²) in [5, 5.41) is 0. The van der Waals surface area contributed by atoms with Crippen LogP contribution < -0.4 is 0 Å². The van der Waals surface area contributed by atoms with E-state index in [0.717, 1.165) is 0 Å². The molecule has 12 heavy (non-hydrogen) atoms.